The second-order valence-corrected chi connectivity index (χ2v) is 5.92. The number of benzene rings is 2. The normalized spacial score (nSPS) is 11.1. The van der Waals surface area contributed by atoms with E-state index in [1.165, 1.54) is 0 Å². The Balaban J connectivity index is 1.85. The number of carbonyl (C=O) groups is 1. The van der Waals surface area contributed by atoms with Gasteiger partial charge in [-0.3, -0.25) is 9.78 Å². The Hall–Kier alpha value is -3.47. The Morgan fingerprint density at radius 3 is 2.19 bits per heavy atom. The van der Waals surface area contributed by atoms with Crippen molar-refractivity contribution in [2.45, 2.75) is 0 Å². The van der Waals surface area contributed by atoms with E-state index in [1.54, 1.807) is 18.3 Å². The third-order valence-electron chi connectivity index (χ3n) is 3.87. The van der Waals surface area contributed by atoms with Gasteiger partial charge in [-0.1, -0.05) is 36.4 Å². The van der Waals surface area contributed by atoms with Gasteiger partial charge in [0.2, 0.25) is 0 Å². The third-order valence-corrected chi connectivity index (χ3v) is 3.87. The summed E-state index contributed by atoms with van der Waals surface area (Å²) < 4.78 is 0. The number of amides is 1. The summed E-state index contributed by atoms with van der Waals surface area (Å²) >= 11 is 0. The molecule has 0 saturated carbocycles. The van der Waals surface area contributed by atoms with Crippen LogP contribution in [0, 0.1) is 0 Å². The van der Waals surface area contributed by atoms with E-state index in [4.69, 9.17) is 0 Å². The Labute approximate surface area is 153 Å². The quantitative estimate of drug-likeness (QED) is 0.570. The second-order valence-electron chi connectivity index (χ2n) is 5.92. The van der Waals surface area contributed by atoms with Crippen molar-refractivity contribution >= 4 is 17.3 Å². The van der Waals surface area contributed by atoms with Crippen molar-refractivity contribution in [2.75, 3.05) is 19.0 Å². The Morgan fingerprint density at radius 1 is 0.885 bits per heavy atom. The number of pyridine rings is 1. The van der Waals surface area contributed by atoms with Crippen LogP contribution in [0.3, 0.4) is 0 Å². The fraction of sp³-hybridized carbons (Fsp3) is 0.0952. The molecule has 1 heterocycles. The molecule has 2 aromatic carbocycles. The van der Waals surface area contributed by atoms with E-state index in [0.29, 0.717) is 17.0 Å². The monoisotopic (exact) mass is 344 g/mol. The first kappa shape index (κ1) is 17.4. The van der Waals surface area contributed by atoms with Gasteiger partial charge in [0.05, 0.1) is 5.69 Å². The first-order valence-corrected chi connectivity index (χ1v) is 8.27. The summed E-state index contributed by atoms with van der Waals surface area (Å²) in [6.07, 6.45) is 1.70. The lowest BCUT2D eigenvalue weighted by Crippen LogP contribution is -2.21. The maximum Gasteiger partial charge on any atom is 0.271 e. The predicted octanol–water partition coefficient (Wildman–Crippen LogP) is 3.33. The van der Waals surface area contributed by atoms with Crippen LogP contribution in [0.25, 0.3) is 0 Å². The summed E-state index contributed by atoms with van der Waals surface area (Å²) in [5, 5.41) is 4.34. The van der Waals surface area contributed by atoms with Crippen LogP contribution in [-0.4, -0.2) is 30.7 Å². The molecule has 0 fully saturated rings. The molecule has 0 aliphatic rings. The number of carbonyl (C=O) groups excluding carboxylic acids is 1. The molecule has 0 aliphatic carbocycles. The molecule has 130 valence electrons. The number of nitrogens with one attached hydrogen (secondary N) is 1. The van der Waals surface area contributed by atoms with E-state index in [9.17, 15) is 4.79 Å². The van der Waals surface area contributed by atoms with Gasteiger partial charge in [0, 0.05) is 37.1 Å². The molecule has 3 rings (SSSR count). The zero-order valence-electron chi connectivity index (χ0n) is 14.8. The number of hydrazone groups is 1. The average Bonchev–Trinajstić information content (AvgIpc) is 2.69. The van der Waals surface area contributed by atoms with Crippen molar-refractivity contribution in [1.82, 2.24) is 10.4 Å². The highest BCUT2D eigenvalue weighted by molar-refractivity contribution is 6.12. The first-order chi connectivity index (χ1) is 12.6. The van der Waals surface area contributed by atoms with Crippen LogP contribution in [0.2, 0.25) is 0 Å². The van der Waals surface area contributed by atoms with Gasteiger partial charge in [0.15, 0.2) is 0 Å². The molecule has 1 aromatic heterocycles. The molecule has 0 saturated heterocycles. The molecule has 5 heteroatoms. The van der Waals surface area contributed by atoms with E-state index < -0.39 is 0 Å². The van der Waals surface area contributed by atoms with E-state index in [-0.39, 0.29) is 5.91 Å². The molecule has 0 bridgehead atoms. The Kier molecular flexibility index (Phi) is 5.39. The summed E-state index contributed by atoms with van der Waals surface area (Å²) in [6.45, 7) is 0. The number of anilines is 1. The van der Waals surface area contributed by atoms with Crippen molar-refractivity contribution in [3.8, 4) is 0 Å². The lowest BCUT2D eigenvalue weighted by molar-refractivity contribution is 0.0955. The number of aromatic nitrogens is 1. The Morgan fingerprint density at radius 2 is 1.58 bits per heavy atom. The standard InChI is InChI=1S/C21H20N4O/c1-25(2)18-13-11-17(12-14-18)21(26)24-23-20(16-8-4-3-5-9-16)19-10-6-7-15-22-19/h3-15H,1-2H3,(H,24,26). The zero-order chi connectivity index (χ0) is 18.4. The molecule has 1 amide bonds. The molecular formula is C21H20N4O. The van der Waals surface area contributed by atoms with Crippen LogP contribution >= 0.6 is 0 Å². The molecule has 26 heavy (non-hydrogen) atoms. The SMILES string of the molecule is CN(C)c1ccc(C(=O)NN=C(c2ccccc2)c2ccccn2)cc1. The molecule has 0 atom stereocenters. The largest absolute Gasteiger partial charge is 0.378 e. The van der Waals surface area contributed by atoms with E-state index in [2.05, 4.69) is 15.5 Å². The van der Waals surface area contributed by atoms with Crippen molar-refractivity contribution in [2.24, 2.45) is 5.10 Å². The number of rotatable bonds is 5. The molecule has 3 aromatic rings. The number of nitrogens with zero attached hydrogens (tertiary/aromatic N) is 3. The van der Waals surface area contributed by atoms with Crippen molar-refractivity contribution in [3.05, 3.63) is 95.8 Å². The molecular weight excluding hydrogens is 324 g/mol. The summed E-state index contributed by atoms with van der Waals surface area (Å²) in [5.74, 6) is -0.264. The summed E-state index contributed by atoms with van der Waals surface area (Å²) in [5.41, 5.74) is 6.42. The second kappa shape index (κ2) is 8.07. The van der Waals surface area contributed by atoms with Gasteiger partial charge in [-0.05, 0) is 36.4 Å². The topological polar surface area (TPSA) is 57.6 Å². The summed E-state index contributed by atoms with van der Waals surface area (Å²) in [4.78, 5) is 18.8. The van der Waals surface area contributed by atoms with Crippen LogP contribution in [0.4, 0.5) is 5.69 Å². The van der Waals surface area contributed by atoms with E-state index >= 15 is 0 Å². The van der Waals surface area contributed by atoms with Crippen molar-refractivity contribution in [1.29, 1.82) is 0 Å². The number of hydrogen-bond donors (Lipinski definition) is 1. The summed E-state index contributed by atoms with van der Waals surface area (Å²) in [7, 11) is 3.91. The van der Waals surface area contributed by atoms with Gasteiger partial charge < -0.3 is 4.90 Å². The van der Waals surface area contributed by atoms with Crippen LogP contribution in [0.5, 0.6) is 0 Å². The smallest absolute Gasteiger partial charge is 0.271 e. The van der Waals surface area contributed by atoms with Gasteiger partial charge in [-0.2, -0.15) is 5.10 Å². The molecule has 0 unspecified atom stereocenters. The van der Waals surface area contributed by atoms with Gasteiger partial charge in [0.1, 0.15) is 5.71 Å². The fourth-order valence-corrected chi connectivity index (χ4v) is 2.45. The molecule has 0 aliphatic heterocycles. The maximum absolute atomic E-state index is 12.4. The third kappa shape index (κ3) is 4.13. The molecule has 5 nitrogen and oxygen atoms in total. The van der Waals surface area contributed by atoms with Gasteiger partial charge in [-0.25, -0.2) is 5.43 Å². The van der Waals surface area contributed by atoms with Crippen molar-refractivity contribution in [3.63, 3.8) is 0 Å². The lowest BCUT2D eigenvalue weighted by Gasteiger charge is -2.12. The van der Waals surface area contributed by atoms with E-state index in [1.807, 2.05) is 79.7 Å². The molecule has 1 N–H and O–H groups in total. The zero-order valence-corrected chi connectivity index (χ0v) is 14.8. The summed E-state index contributed by atoms with van der Waals surface area (Å²) in [6, 6.07) is 22.6. The highest BCUT2D eigenvalue weighted by Gasteiger charge is 2.10. The van der Waals surface area contributed by atoms with Crippen LogP contribution in [0.15, 0.2) is 84.1 Å². The van der Waals surface area contributed by atoms with Crippen molar-refractivity contribution < 1.29 is 4.79 Å². The average molecular weight is 344 g/mol. The highest BCUT2D eigenvalue weighted by Crippen LogP contribution is 2.12. The molecule has 0 spiro atoms. The predicted molar refractivity (Wildman–Crippen MR) is 105 cm³/mol. The highest BCUT2D eigenvalue weighted by atomic mass is 16.2. The van der Waals surface area contributed by atoms with E-state index in [0.717, 1.165) is 11.3 Å². The lowest BCUT2D eigenvalue weighted by atomic mass is 10.1. The Bertz CT molecular complexity index is 847. The first-order valence-electron chi connectivity index (χ1n) is 8.27. The fourth-order valence-electron chi connectivity index (χ4n) is 2.45. The van der Waals surface area contributed by atoms with Gasteiger partial charge in [-0.15, -0.1) is 0 Å². The van der Waals surface area contributed by atoms with Crippen LogP contribution in [-0.2, 0) is 0 Å². The minimum atomic E-state index is -0.264. The minimum Gasteiger partial charge on any atom is -0.378 e. The van der Waals surface area contributed by atoms with Gasteiger partial charge >= 0.3 is 0 Å². The number of hydrogen-bond acceptors (Lipinski definition) is 4. The minimum absolute atomic E-state index is 0.264. The van der Waals surface area contributed by atoms with Gasteiger partial charge in [0.25, 0.3) is 5.91 Å². The maximum atomic E-state index is 12.4. The van der Waals surface area contributed by atoms with Crippen LogP contribution < -0.4 is 10.3 Å². The molecule has 0 radical (unpaired) electrons. The van der Waals surface area contributed by atoms with Crippen LogP contribution in [0.1, 0.15) is 21.6 Å².